The maximum absolute atomic E-state index is 9.53. The van der Waals surface area contributed by atoms with E-state index in [-0.39, 0.29) is 0 Å². The van der Waals surface area contributed by atoms with E-state index in [9.17, 15) is 5.11 Å². The Labute approximate surface area is 113 Å². The monoisotopic (exact) mass is 265 g/mol. The smallest absolute Gasteiger partial charge is 0.0476 e. The predicted octanol–water partition coefficient (Wildman–Crippen LogP) is 2.84. The number of halogens is 1. The second-order valence-electron chi connectivity index (χ2n) is 5.71. The van der Waals surface area contributed by atoms with Crippen LogP contribution in [-0.2, 0) is 6.54 Å². The molecule has 0 spiro atoms. The first-order valence-corrected chi connectivity index (χ1v) is 7.24. The standard InChI is InChI=1S/C15H20ClNO/c16-13-5-1-10(2-6-13)8-17-15-12-4-3-11(7-12)14(15)9-18/h1-2,5-6,11-12,14-15,17-18H,3-4,7-9H2. The lowest BCUT2D eigenvalue weighted by molar-refractivity contribution is 0.142. The molecule has 18 heavy (non-hydrogen) atoms. The number of fused-ring (bicyclic) bond motifs is 2. The molecule has 0 heterocycles. The Balaban J connectivity index is 1.61. The van der Waals surface area contributed by atoms with Crippen LogP contribution < -0.4 is 5.32 Å². The van der Waals surface area contributed by atoms with Gasteiger partial charge in [-0.15, -0.1) is 0 Å². The van der Waals surface area contributed by atoms with Gasteiger partial charge in [0.15, 0.2) is 0 Å². The van der Waals surface area contributed by atoms with Crippen molar-refractivity contribution < 1.29 is 5.11 Å². The summed E-state index contributed by atoms with van der Waals surface area (Å²) in [4.78, 5) is 0. The summed E-state index contributed by atoms with van der Waals surface area (Å²) in [5.74, 6) is 2.00. The summed E-state index contributed by atoms with van der Waals surface area (Å²) in [7, 11) is 0. The summed E-state index contributed by atoms with van der Waals surface area (Å²) in [6.07, 6.45) is 3.96. The van der Waals surface area contributed by atoms with Crippen molar-refractivity contribution in [2.75, 3.05) is 6.61 Å². The summed E-state index contributed by atoms with van der Waals surface area (Å²) in [6, 6.07) is 8.50. The summed E-state index contributed by atoms with van der Waals surface area (Å²) in [5.41, 5.74) is 1.26. The van der Waals surface area contributed by atoms with Crippen molar-refractivity contribution in [3.63, 3.8) is 0 Å². The maximum atomic E-state index is 9.53. The average Bonchev–Trinajstić information content (AvgIpc) is 2.98. The molecule has 0 aromatic heterocycles. The van der Waals surface area contributed by atoms with Crippen LogP contribution >= 0.6 is 11.6 Å². The Morgan fingerprint density at radius 1 is 1.17 bits per heavy atom. The van der Waals surface area contributed by atoms with Crippen LogP contribution in [0.1, 0.15) is 24.8 Å². The van der Waals surface area contributed by atoms with Crippen LogP contribution in [-0.4, -0.2) is 17.8 Å². The molecule has 2 saturated carbocycles. The highest BCUT2D eigenvalue weighted by atomic mass is 35.5. The molecule has 2 fully saturated rings. The highest BCUT2D eigenvalue weighted by molar-refractivity contribution is 6.30. The molecular formula is C15H20ClNO. The lowest BCUT2D eigenvalue weighted by atomic mass is 9.85. The van der Waals surface area contributed by atoms with Gasteiger partial charge >= 0.3 is 0 Å². The molecule has 1 aromatic carbocycles. The lowest BCUT2D eigenvalue weighted by Gasteiger charge is -2.30. The van der Waals surface area contributed by atoms with E-state index in [2.05, 4.69) is 17.4 Å². The number of aliphatic hydroxyl groups excluding tert-OH is 1. The lowest BCUT2D eigenvalue weighted by Crippen LogP contribution is -2.41. The van der Waals surface area contributed by atoms with Gasteiger partial charge in [0, 0.05) is 30.1 Å². The minimum atomic E-state index is 0.333. The molecule has 3 rings (SSSR count). The van der Waals surface area contributed by atoms with Gasteiger partial charge in [-0.25, -0.2) is 0 Å². The van der Waals surface area contributed by atoms with E-state index in [1.54, 1.807) is 0 Å². The van der Waals surface area contributed by atoms with E-state index < -0.39 is 0 Å². The maximum Gasteiger partial charge on any atom is 0.0476 e. The first-order chi connectivity index (χ1) is 8.78. The largest absolute Gasteiger partial charge is 0.396 e. The van der Waals surface area contributed by atoms with E-state index in [0.29, 0.717) is 18.6 Å². The third-order valence-electron chi connectivity index (χ3n) is 4.75. The van der Waals surface area contributed by atoms with Crippen LogP contribution in [0.5, 0.6) is 0 Å². The van der Waals surface area contributed by atoms with Gasteiger partial charge in [-0.1, -0.05) is 23.7 Å². The molecule has 3 heteroatoms. The fourth-order valence-corrected chi connectivity index (χ4v) is 3.96. The highest BCUT2D eigenvalue weighted by Gasteiger charge is 2.46. The molecule has 2 aliphatic carbocycles. The number of hydrogen-bond acceptors (Lipinski definition) is 2. The minimum absolute atomic E-state index is 0.333. The topological polar surface area (TPSA) is 32.3 Å². The first-order valence-electron chi connectivity index (χ1n) is 6.86. The second-order valence-corrected chi connectivity index (χ2v) is 6.15. The Morgan fingerprint density at radius 3 is 2.61 bits per heavy atom. The third-order valence-corrected chi connectivity index (χ3v) is 5.01. The summed E-state index contributed by atoms with van der Waals surface area (Å²) in [6.45, 7) is 1.21. The van der Waals surface area contributed by atoms with Gasteiger partial charge in [0.25, 0.3) is 0 Å². The summed E-state index contributed by atoms with van der Waals surface area (Å²) >= 11 is 5.88. The molecule has 0 saturated heterocycles. The van der Waals surface area contributed by atoms with Crippen molar-refractivity contribution >= 4 is 11.6 Å². The van der Waals surface area contributed by atoms with Crippen LogP contribution in [0, 0.1) is 17.8 Å². The molecule has 2 nitrogen and oxygen atoms in total. The van der Waals surface area contributed by atoms with Crippen molar-refractivity contribution in [2.45, 2.75) is 31.8 Å². The molecule has 4 atom stereocenters. The highest BCUT2D eigenvalue weighted by Crippen LogP contribution is 2.48. The molecule has 98 valence electrons. The Bertz CT molecular complexity index is 405. The first kappa shape index (κ1) is 12.5. The van der Waals surface area contributed by atoms with Crippen LogP contribution in [0.25, 0.3) is 0 Å². The van der Waals surface area contributed by atoms with Gasteiger partial charge in [-0.2, -0.15) is 0 Å². The predicted molar refractivity (Wildman–Crippen MR) is 73.5 cm³/mol. The number of nitrogens with one attached hydrogen (secondary N) is 1. The van der Waals surface area contributed by atoms with Gasteiger partial charge in [-0.3, -0.25) is 0 Å². The van der Waals surface area contributed by atoms with E-state index >= 15 is 0 Å². The zero-order chi connectivity index (χ0) is 12.5. The SMILES string of the molecule is OCC1C2CCC(C2)C1NCc1ccc(Cl)cc1. The van der Waals surface area contributed by atoms with Crippen molar-refractivity contribution in [1.82, 2.24) is 5.32 Å². The molecule has 4 unspecified atom stereocenters. The van der Waals surface area contributed by atoms with E-state index in [1.807, 2.05) is 12.1 Å². The van der Waals surface area contributed by atoms with E-state index in [4.69, 9.17) is 11.6 Å². The Morgan fingerprint density at radius 2 is 1.89 bits per heavy atom. The van der Waals surface area contributed by atoms with Crippen molar-refractivity contribution in [3.8, 4) is 0 Å². The van der Waals surface area contributed by atoms with Crippen molar-refractivity contribution in [1.29, 1.82) is 0 Å². The van der Waals surface area contributed by atoms with Gasteiger partial charge < -0.3 is 10.4 Å². The number of benzene rings is 1. The van der Waals surface area contributed by atoms with E-state index in [0.717, 1.165) is 23.4 Å². The zero-order valence-corrected chi connectivity index (χ0v) is 11.2. The van der Waals surface area contributed by atoms with Gasteiger partial charge in [0.05, 0.1) is 0 Å². The van der Waals surface area contributed by atoms with Crippen LogP contribution in [0.15, 0.2) is 24.3 Å². The molecule has 2 N–H and O–H groups in total. The zero-order valence-electron chi connectivity index (χ0n) is 10.5. The number of aliphatic hydroxyl groups is 1. The Kier molecular flexibility index (Phi) is 3.60. The summed E-state index contributed by atoms with van der Waals surface area (Å²) < 4.78 is 0. The van der Waals surface area contributed by atoms with Crippen LogP contribution in [0.3, 0.4) is 0 Å². The quantitative estimate of drug-likeness (QED) is 0.878. The van der Waals surface area contributed by atoms with Crippen molar-refractivity contribution in [3.05, 3.63) is 34.9 Å². The summed E-state index contributed by atoms with van der Waals surface area (Å²) in [5, 5.41) is 14.0. The molecule has 0 radical (unpaired) electrons. The number of hydrogen-bond donors (Lipinski definition) is 2. The molecule has 2 aliphatic rings. The van der Waals surface area contributed by atoms with Crippen LogP contribution in [0.2, 0.25) is 5.02 Å². The van der Waals surface area contributed by atoms with Crippen LogP contribution in [0.4, 0.5) is 0 Å². The van der Waals surface area contributed by atoms with Crippen molar-refractivity contribution in [2.24, 2.45) is 17.8 Å². The second kappa shape index (κ2) is 5.20. The minimum Gasteiger partial charge on any atom is -0.396 e. The molecule has 1 aromatic rings. The molecule has 2 bridgehead atoms. The molecule has 0 amide bonds. The number of rotatable bonds is 4. The normalized spacial score (nSPS) is 34.1. The fraction of sp³-hybridized carbons (Fsp3) is 0.600. The third kappa shape index (κ3) is 2.29. The van der Waals surface area contributed by atoms with E-state index in [1.165, 1.54) is 24.8 Å². The average molecular weight is 266 g/mol. The molecular weight excluding hydrogens is 246 g/mol. The van der Waals surface area contributed by atoms with Gasteiger partial charge in [0.1, 0.15) is 0 Å². The Hall–Kier alpha value is -0.570. The van der Waals surface area contributed by atoms with Gasteiger partial charge in [-0.05, 0) is 48.8 Å². The fourth-order valence-electron chi connectivity index (χ4n) is 3.83. The molecule has 0 aliphatic heterocycles. The van der Waals surface area contributed by atoms with Gasteiger partial charge in [0.2, 0.25) is 0 Å².